The van der Waals surface area contributed by atoms with Gasteiger partial charge in [0.25, 0.3) is 5.56 Å². The zero-order valence-corrected chi connectivity index (χ0v) is 13.4. The molecule has 0 atom stereocenters. The summed E-state index contributed by atoms with van der Waals surface area (Å²) in [5.74, 6) is 0. The minimum atomic E-state index is -0.279. The van der Waals surface area contributed by atoms with E-state index in [0.29, 0.717) is 5.52 Å². The normalized spacial score (nSPS) is 11.1. The number of hydrogen-bond donors (Lipinski definition) is 1. The van der Waals surface area contributed by atoms with E-state index in [1.165, 1.54) is 5.56 Å². The summed E-state index contributed by atoms with van der Waals surface area (Å²) in [6.45, 7) is 3.92. The van der Waals surface area contributed by atoms with E-state index in [-0.39, 0.29) is 5.56 Å². The van der Waals surface area contributed by atoms with Crippen molar-refractivity contribution in [2.24, 2.45) is 0 Å². The highest BCUT2D eigenvalue weighted by Gasteiger charge is 2.19. The van der Waals surface area contributed by atoms with E-state index in [0.717, 1.165) is 28.0 Å². The standard InChI is InChI=1S/C19H16N4O/c1-12-8-10-15(11-9-12)23-18(14-6-4-3-5-7-14)16-13(2)20-21-19(24)17(16)22-23/h3-11H,1-2H3,(H,21,24). The van der Waals surface area contributed by atoms with Gasteiger partial charge in [-0.25, -0.2) is 9.78 Å². The highest BCUT2D eigenvalue weighted by Crippen LogP contribution is 2.31. The molecule has 0 radical (unpaired) electrons. The fourth-order valence-corrected chi connectivity index (χ4v) is 2.90. The maximum Gasteiger partial charge on any atom is 0.292 e. The van der Waals surface area contributed by atoms with Gasteiger partial charge in [0.05, 0.1) is 22.5 Å². The molecule has 0 saturated carbocycles. The number of fused-ring (bicyclic) bond motifs is 1. The van der Waals surface area contributed by atoms with E-state index in [2.05, 4.69) is 15.3 Å². The third kappa shape index (κ3) is 2.22. The van der Waals surface area contributed by atoms with Crippen molar-refractivity contribution in [2.75, 3.05) is 0 Å². The molecule has 2 aromatic heterocycles. The molecule has 0 bridgehead atoms. The van der Waals surface area contributed by atoms with E-state index in [1.807, 2.05) is 73.1 Å². The summed E-state index contributed by atoms with van der Waals surface area (Å²) in [5, 5.41) is 12.0. The number of aromatic amines is 1. The molecule has 5 heteroatoms. The lowest BCUT2D eigenvalue weighted by Gasteiger charge is -2.09. The molecular formula is C19H16N4O. The Bertz CT molecular complexity index is 1080. The van der Waals surface area contributed by atoms with Crippen LogP contribution in [0.1, 0.15) is 11.3 Å². The van der Waals surface area contributed by atoms with Crippen molar-refractivity contribution in [3.05, 3.63) is 76.2 Å². The van der Waals surface area contributed by atoms with Gasteiger partial charge in [-0.05, 0) is 26.0 Å². The van der Waals surface area contributed by atoms with Crippen molar-refractivity contribution >= 4 is 10.9 Å². The molecule has 0 fully saturated rings. The van der Waals surface area contributed by atoms with Crippen LogP contribution in [0.5, 0.6) is 0 Å². The first-order valence-corrected chi connectivity index (χ1v) is 7.75. The van der Waals surface area contributed by atoms with Gasteiger partial charge in [0, 0.05) is 5.56 Å². The number of aromatic nitrogens is 4. The van der Waals surface area contributed by atoms with Gasteiger partial charge < -0.3 is 0 Å². The Morgan fingerprint density at radius 2 is 1.67 bits per heavy atom. The maximum absolute atomic E-state index is 12.2. The zero-order valence-electron chi connectivity index (χ0n) is 13.4. The summed E-state index contributed by atoms with van der Waals surface area (Å²) in [4.78, 5) is 12.2. The van der Waals surface area contributed by atoms with Gasteiger partial charge in [-0.1, -0.05) is 48.0 Å². The van der Waals surface area contributed by atoms with Crippen LogP contribution >= 0.6 is 0 Å². The van der Waals surface area contributed by atoms with Crippen molar-refractivity contribution in [2.45, 2.75) is 13.8 Å². The first-order chi connectivity index (χ1) is 11.6. The Balaban J connectivity index is 2.13. The van der Waals surface area contributed by atoms with Crippen LogP contribution in [0.25, 0.3) is 27.8 Å². The number of aryl methyl sites for hydroxylation is 2. The molecule has 0 aliphatic heterocycles. The lowest BCUT2D eigenvalue weighted by molar-refractivity contribution is 0.896. The summed E-state index contributed by atoms with van der Waals surface area (Å²) in [5.41, 5.74) is 4.84. The Labute approximate surface area is 138 Å². The third-order valence-electron chi connectivity index (χ3n) is 4.11. The molecule has 4 aromatic rings. The largest absolute Gasteiger partial charge is 0.292 e. The summed E-state index contributed by atoms with van der Waals surface area (Å²) < 4.78 is 1.82. The van der Waals surface area contributed by atoms with Crippen LogP contribution in [0.4, 0.5) is 0 Å². The molecule has 4 rings (SSSR count). The van der Waals surface area contributed by atoms with Gasteiger partial charge in [0.2, 0.25) is 0 Å². The predicted molar refractivity (Wildman–Crippen MR) is 94.4 cm³/mol. The number of hydrogen-bond acceptors (Lipinski definition) is 3. The molecule has 0 unspecified atom stereocenters. The van der Waals surface area contributed by atoms with Gasteiger partial charge in [0.1, 0.15) is 0 Å². The van der Waals surface area contributed by atoms with E-state index >= 15 is 0 Å². The Morgan fingerprint density at radius 1 is 0.958 bits per heavy atom. The highest BCUT2D eigenvalue weighted by molar-refractivity contribution is 5.95. The predicted octanol–water partition coefficient (Wildman–Crippen LogP) is 3.39. The first kappa shape index (κ1) is 14.4. The third-order valence-corrected chi connectivity index (χ3v) is 4.11. The Morgan fingerprint density at radius 3 is 2.38 bits per heavy atom. The second-order valence-electron chi connectivity index (χ2n) is 5.82. The summed E-state index contributed by atoms with van der Waals surface area (Å²) >= 11 is 0. The fraction of sp³-hybridized carbons (Fsp3) is 0.105. The minimum Gasteiger partial charge on any atom is -0.265 e. The lowest BCUT2D eigenvalue weighted by atomic mass is 10.1. The van der Waals surface area contributed by atoms with Gasteiger partial charge in [-0.15, -0.1) is 0 Å². The van der Waals surface area contributed by atoms with Crippen LogP contribution in [0.2, 0.25) is 0 Å². The molecule has 1 N–H and O–H groups in total. The second kappa shape index (κ2) is 5.45. The van der Waals surface area contributed by atoms with E-state index in [9.17, 15) is 4.79 Å². The van der Waals surface area contributed by atoms with Crippen molar-refractivity contribution in [1.29, 1.82) is 0 Å². The van der Waals surface area contributed by atoms with Crippen molar-refractivity contribution in [3.8, 4) is 16.9 Å². The summed E-state index contributed by atoms with van der Waals surface area (Å²) in [6, 6.07) is 18.0. The average Bonchev–Trinajstić information content (AvgIpc) is 3.01. The molecule has 0 spiro atoms. The smallest absolute Gasteiger partial charge is 0.265 e. The first-order valence-electron chi connectivity index (χ1n) is 7.75. The molecule has 24 heavy (non-hydrogen) atoms. The van der Waals surface area contributed by atoms with Gasteiger partial charge in [-0.3, -0.25) is 4.79 Å². The molecule has 0 saturated heterocycles. The fourth-order valence-electron chi connectivity index (χ4n) is 2.90. The van der Waals surface area contributed by atoms with Crippen molar-refractivity contribution in [3.63, 3.8) is 0 Å². The van der Waals surface area contributed by atoms with E-state index in [1.54, 1.807) is 0 Å². The van der Waals surface area contributed by atoms with Crippen molar-refractivity contribution in [1.82, 2.24) is 20.0 Å². The highest BCUT2D eigenvalue weighted by atomic mass is 16.1. The number of rotatable bonds is 2. The van der Waals surface area contributed by atoms with E-state index < -0.39 is 0 Å². The van der Waals surface area contributed by atoms with Crippen LogP contribution in [-0.2, 0) is 0 Å². The average molecular weight is 316 g/mol. The Hall–Kier alpha value is -3.21. The summed E-state index contributed by atoms with van der Waals surface area (Å²) in [7, 11) is 0. The van der Waals surface area contributed by atoms with Gasteiger partial charge in [-0.2, -0.15) is 10.2 Å². The molecule has 2 aromatic carbocycles. The number of nitrogens with one attached hydrogen (secondary N) is 1. The topological polar surface area (TPSA) is 63.6 Å². The monoisotopic (exact) mass is 316 g/mol. The number of nitrogens with zero attached hydrogens (tertiary/aromatic N) is 3. The number of H-pyrrole nitrogens is 1. The Kier molecular flexibility index (Phi) is 3.27. The van der Waals surface area contributed by atoms with Crippen LogP contribution in [0, 0.1) is 13.8 Å². The molecule has 0 amide bonds. The van der Waals surface area contributed by atoms with Crippen LogP contribution in [0.3, 0.4) is 0 Å². The second-order valence-corrected chi connectivity index (χ2v) is 5.82. The molecule has 2 heterocycles. The van der Waals surface area contributed by atoms with Crippen LogP contribution < -0.4 is 5.56 Å². The van der Waals surface area contributed by atoms with Crippen LogP contribution in [-0.4, -0.2) is 20.0 Å². The van der Waals surface area contributed by atoms with Gasteiger partial charge >= 0.3 is 0 Å². The van der Waals surface area contributed by atoms with Gasteiger partial charge in [0.15, 0.2) is 5.52 Å². The minimum absolute atomic E-state index is 0.279. The molecule has 0 aliphatic rings. The lowest BCUT2D eigenvalue weighted by Crippen LogP contribution is -2.09. The number of benzene rings is 2. The summed E-state index contributed by atoms with van der Waals surface area (Å²) in [6.07, 6.45) is 0. The van der Waals surface area contributed by atoms with Crippen LogP contribution in [0.15, 0.2) is 59.4 Å². The molecule has 0 aliphatic carbocycles. The molecule has 118 valence electrons. The van der Waals surface area contributed by atoms with Crippen molar-refractivity contribution < 1.29 is 0 Å². The molecular weight excluding hydrogens is 300 g/mol. The molecule has 5 nitrogen and oxygen atoms in total. The zero-order chi connectivity index (χ0) is 16.7. The quantitative estimate of drug-likeness (QED) is 0.616. The maximum atomic E-state index is 12.2. The SMILES string of the molecule is Cc1ccc(-n2nc3c(=O)[nH]nc(C)c3c2-c2ccccc2)cc1. The van der Waals surface area contributed by atoms with E-state index in [4.69, 9.17) is 0 Å².